The van der Waals surface area contributed by atoms with Crippen molar-refractivity contribution < 1.29 is 39.5 Å². The van der Waals surface area contributed by atoms with Crippen molar-refractivity contribution >= 4 is 10.0 Å². The number of alkyl halides is 6. The molecule has 0 atom stereocenters. The Morgan fingerprint density at radius 2 is 1.50 bits per heavy atom. The number of sulfonamides is 1. The van der Waals surface area contributed by atoms with Gasteiger partial charge in [0.05, 0.1) is 23.1 Å². The lowest BCUT2D eigenvalue weighted by Crippen LogP contribution is -2.27. The smallest absolute Gasteiger partial charge is 0.416 e. The molecule has 0 saturated heterocycles. The summed E-state index contributed by atoms with van der Waals surface area (Å²) in [5, 5.41) is 0. The molecule has 2 aromatic carbocycles. The summed E-state index contributed by atoms with van der Waals surface area (Å²) in [7, 11) is -3.15. The van der Waals surface area contributed by atoms with Crippen molar-refractivity contribution in [3.8, 4) is 5.75 Å². The molecule has 2 aromatic rings. The molecule has 11 heteroatoms. The number of halogens is 6. The third kappa shape index (κ3) is 5.61. The van der Waals surface area contributed by atoms with Crippen LogP contribution in [-0.2, 0) is 28.8 Å². The Hall–Kier alpha value is -2.27. The molecule has 0 aliphatic rings. The van der Waals surface area contributed by atoms with E-state index >= 15 is 0 Å². The van der Waals surface area contributed by atoms with Crippen LogP contribution in [0, 0.1) is 0 Å². The van der Waals surface area contributed by atoms with Crippen molar-refractivity contribution in [2.75, 3.05) is 13.7 Å². The van der Waals surface area contributed by atoms with Crippen molar-refractivity contribution in [1.82, 2.24) is 4.72 Å². The van der Waals surface area contributed by atoms with Gasteiger partial charge in [0.25, 0.3) is 0 Å². The average Bonchev–Trinajstić information content (AvgIpc) is 2.60. The molecule has 0 aliphatic carbocycles. The molecular formula is C17H15F6NO3S. The summed E-state index contributed by atoms with van der Waals surface area (Å²) >= 11 is 0. The lowest BCUT2D eigenvalue weighted by molar-refractivity contribution is -0.143. The Labute approximate surface area is 157 Å². The van der Waals surface area contributed by atoms with Crippen LogP contribution in [0.3, 0.4) is 0 Å². The number of ether oxygens (including phenoxy) is 1. The zero-order valence-electron chi connectivity index (χ0n) is 14.4. The van der Waals surface area contributed by atoms with Crippen LogP contribution >= 0.6 is 0 Å². The van der Waals surface area contributed by atoms with Crippen LogP contribution < -0.4 is 9.46 Å². The van der Waals surface area contributed by atoms with Gasteiger partial charge in [-0.3, -0.25) is 0 Å². The van der Waals surface area contributed by atoms with Crippen LogP contribution in [0.15, 0.2) is 47.4 Å². The maximum absolute atomic E-state index is 12.9. The summed E-state index contributed by atoms with van der Waals surface area (Å²) in [5.41, 5.74) is -2.73. The van der Waals surface area contributed by atoms with Crippen molar-refractivity contribution in [2.45, 2.75) is 23.7 Å². The van der Waals surface area contributed by atoms with Gasteiger partial charge in [0.1, 0.15) is 5.75 Å². The van der Waals surface area contributed by atoms with E-state index in [1.165, 1.54) is 7.11 Å². The Morgan fingerprint density at radius 3 is 2.00 bits per heavy atom. The number of rotatable bonds is 6. The normalized spacial score (nSPS) is 12.8. The Morgan fingerprint density at radius 1 is 0.929 bits per heavy atom. The second-order valence-electron chi connectivity index (χ2n) is 5.74. The zero-order valence-corrected chi connectivity index (χ0v) is 15.2. The van der Waals surface area contributed by atoms with Crippen molar-refractivity contribution in [1.29, 1.82) is 0 Å². The van der Waals surface area contributed by atoms with Gasteiger partial charge in [-0.2, -0.15) is 26.3 Å². The van der Waals surface area contributed by atoms with E-state index < -0.39 is 38.4 Å². The number of benzene rings is 2. The lowest BCUT2D eigenvalue weighted by atomic mass is 10.1. The summed E-state index contributed by atoms with van der Waals surface area (Å²) in [6, 6.07) is 6.82. The van der Waals surface area contributed by atoms with Crippen LogP contribution in [0.25, 0.3) is 0 Å². The fraction of sp³-hybridized carbons (Fsp3) is 0.294. The SMILES string of the molecule is COc1cccc(CCNS(=O)(=O)c2cc(C(F)(F)F)cc(C(F)(F)F)c2)c1. The van der Waals surface area contributed by atoms with E-state index in [1.807, 2.05) is 4.72 Å². The first-order chi connectivity index (χ1) is 12.8. The molecule has 0 radical (unpaired) electrons. The Balaban J connectivity index is 2.26. The second kappa shape index (κ2) is 8.00. The first-order valence-corrected chi connectivity index (χ1v) is 9.23. The largest absolute Gasteiger partial charge is 0.497 e. The summed E-state index contributed by atoms with van der Waals surface area (Å²) in [4.78, 5) is -1.11. The van der Waals surface area contributed by atoms with Crippen LogP contribution in [0.2, 0.25) is 0 Å². The molecule has 0 aromatic heterocycles. The van der Waals surface area contributed by atoms with Gasteiger partial charge >= 0.3 is 12.4 Å². The quantitative estimate of drug-likeness (QED) is 0.702. The van der Waals surface area contributed by atoms with Gasteiger partial charge in [-0.15, -0.1) is 0 Å². The maximum Gasteiger partial charge on any atom is 0.416 e. The summed E-state index contributed by atoms with van der Waals surface area (Å²) in [5.74, 6) is 0.521. The first kappa shape index (κ1) is 22.0. The number of hydrogen-bond donors (Lipinski definition) is 1. The Kier molecular flexibility index (Phi) is 6.29. The maximum atomic E-state index is 12.9. The minimum absolute atomic E-state index is 0.130. The molecule has 2 rings (SSSR count). The van der Waals surface area contributed by atoms with E-state index in [4.69, 9.17) is 4.74 Å². The summed E-state index contributed by atoms with van der Waals surface area (Å²) < 4.78 is 109. The van der Waals surface area contributed by atoms with Crippen LogP contribution in [0.4, 0.5) is 26.3 Å². The first-order valence-electron chi connectivity index (χ1n) is 7.75. The molecule has 154 valence electrons. The molecule has 0 heterocycles. The van der Waals surface area contributed by atoms with E-state index in [0.29, 0.717) is 11.3 Å². The molecule has 0 unspecified atom stereocenters. The van der Waals surface area contributed by atoms with Crippen molar-refractivity contribution in [3.63, 3.8) is 0 Å². The van der Waals surface area contributed by atoms with Gasteiger partial charge in [0.15, 0.2) is 0 Å². The molecular weight excluding hydrogens is 412 g/mol. The molecule has 0 saturated carbocycles. The Bertz CT molecular complexity index is 906. The highest BCUT2D eigenvalue weighted by atomic mass is 32.2. The standard InChI is InChI=1S/C17H15F6NO3S/c1-27-14-4-2-3-11(7-14)5-6-24-28(25,26)15-9-12(16(18,19)20)8-13(10-15)17(21,22)23/h2-4,7-10,24H,5-6H2,1H3. The fourth-order valence-corrected chi connectivity index (χ4v) is 3.42. The van der Waals surface area contributed by atoms with Gasteiger partial charge in [-0.1, -0.05) is 12.1 Å². The van der Waals surface area contributed by atoms with E-state index in [2.05, 4.69) is 0 Å². The minimum atomic E-state index is -5.13. The third-order valence-corrected chi connectivity index (χ3v) is 5.15. The summed E-state index contributed by atoms with van der Waals surface area (Å²) in [6.45, 7) is -0.229. The van der Waals surface area contributed by atoms with Crippen LogP contribution in [0.5, 0.6) is 5.75 Å². The van der Waals surface area contributed by atoms with Gasteiger partial charge in [-0.05, 0) is 42.3 Å². The van der Waals surface area contributed by atoms with E-state index in [0.717, 1.165) is 0 Å². The van der Waals surface area contributed by atoms with Crippen LogP contribution in [-0.4, -0.2) is 22.1 Å². The number of hydrogen-bond acceptors (Lipinski definition) is 3. The number of methoxy groups -OCH3 is 1. The predicted molar refractivity (Wildman–Crippen MR) is 88.3 cm³/mol. The molecule has 1 N–H and O–H groups in total. The topological polar surface area (TPSA) is 55.4 Å². The van der Waals surface area contributed by atoms with Crippen LogP contribution in [0.1, 0.15) is 16.7 Å². The number of nitrogens with one attached hydrogen (secondary N) is 1. The predicted octanol–water partition coefficient (Wildman–Crippen LogP) is 4.25. The molecule has 0 fully saturated rings. The minimum Gasteiger partial charge on any atom is -0.497 e. The monoisotopic (exact) mass is 427 g/mol. The van der Waals surface area contributed by atoms with E-state index in [1.54, 1.807) is 24.3 Å². The lowest BCUT2D eigenvalue weighted by Gasteiger charge is -2.15. The average molecular weight is 427 g/mol. The molecule has 0 amide bonds. The highest BCUT2D eigenvalue weighted by Crippen LogP contribution is 2.37. The molecule has 0 bridgehead atoms. The van der Waals surface area contributed by atoms with Crippen molar-refractivity contribution in [3.05, 3.63) is 59.2 Å². The van der Waals surface area contributed by atoms with Gasteiger partial charge < -0.3 is 4.74 Å². The fourth-order valence-electron chi connectivity index (χ4n) is 2.32. The third-order valence-electron chi connectivity index (χ3n) is 3.71. The highest BCUT2D eigenvalue weighted by molar-refractivity contribution is 7.89. The molecule has 0 aliphatic heterocycles. The van der Waals surface area contributed by atoms with Gasteiger partial charge in [0, 0.05) is 6.54 Å². The summed E-state index contributed by atoms with van der Waals surface area (Å²) in [6.07, 6.45) is -10.1. The van der Waals surface area contributed by atoms with Gasteiger partial charge in [0.2, 0.25) is 10.0 Å². The molecule has 4 nitrogen and oxygen atoms in total. The van der Waals surface area contributed by atoms with Gasteiger partial charge in [-0.25, -0.2) is 13.1 Å². The zero-order chi connectivity index (χ0) is 21.2. The molecule has 28 heavy (non-hydrogen) atoms. The van der Waals surface area contributed by atoms with E-state index in [9.17, 15) is 34.8 Å². The van der Waals surface area contributed by atoms with E-state index in [-0.39, 0.29) is 31.2 Å². The molecule has 0 spiro atoms. The van der Waals surface area contributed by atoms with Crippen molar-refractivity contribution in [2.24, 2.45) is 0 Å². The highest BCUT2D eigenvalue weighted by Gasteiger charge is 2.38. The second-order valence-corrected chi connectivity index (χ2v) is 7.51.